The van der Waals surface area contributed by atoms with E-state index in [9.17, 15) is 19.6 Å². The number of nitriles is 1. The molecule has 0 unspecified atom stereocenters. The molecule has 0 saturated heterocycles. The van der Waals surface area contributed by atoms with Gasteiger partial charge in [0.1, 0.15) is 18.2 Å². The van der Waals surface area contributed by atoms with Gasteiger partial charge in [-0.3, -0.25) is 4.79 Å². The van der Waals surface area contributed by atoms with Crippen LogP contribution in [0.4, 0.5) is 4.39 Å². The number of esters is 1. The number of hydrogen-bond acceptors (Lipinski definition) is 6. The Morgan fingerprint density at radius 3 is 2.72 bits per heavy atom. The number of nitrogens with zero attached hydrogens (tertiary/aromatic N) is 3. The lowest BCUT2D eigenvalue weighted by Crippen LogP contribution is -2.12. The minimum absolute atomic E-state index is 0.0730. The van der Waals surface area contributed by atoms with Gasteiger partial charge >= 0.3 is 5.97 Å². The number of rotatable bonds is 6. The molecule has 0 saturated carbocycles. The molecule has 1 N–H and O–H groups in total. The van der Waals surface area contributed by atoms with Crippen LogP contribution in [0.1, 0.15) is 11.4 Å². The van der Waals surface area contributed by atoms with Crippen molar-refractivity contribution in [1.82, 2.24) is 9.55 Å². The molecule has 8 heteroatoms. The Balaban J connectivity index is 1.73. The molecule has 0 spiro atoms. The van der Waals surface area contributed by atoms with Crippen molar-refractivity contribution in [3.63, 3.8) is 0 Å². The fourth-order valence-corrected chi connectivity index (χ4v) is 2.87. The van der Waals surface area contributed by atoms with Gasteiger partial charge in [-0.05, 0) is 29.8 Å². The summed E-state index contributed by atoms with van der Waals surface area (Å²) in [4.78, 5) is 16.4. The summed E-state index contributed by atoms with van der Waals surface area (Å²) in [5.41, 5.74) is 1.77. The highest BCUT2D eigenvalue weighted by molar-refractivity contribution is 5.84. The van der Waals surface area contributed by atoms with Crippen LogP contribution in [0.15, 0.2) is 48.2 Å². The SMILES string of the molecule is COc1ccc(CC(=O)OC/C(O)=C(\C#N)c2nc3ccccc3n2C)cc1F. The maximum absolute atomic E-state index is 13.7. The van der Waals surface area contributed by atoms with Crippen molar-refractivity contribution >= 4 is 22.6 Å². The minimum Gasteiger partial charge on any atom is -0.507 e. The van der Waals surface area contributed by atoms with Crippen LogP contribution in [-0.2, 0) is 23.0 Å². The molecule has 148 valence electrons. The van der Waals surface area contributed by atoms with Gasteiger partial charge in [0, 0.05) is 7.05 Å². The molecular formula is C21H18FN3O4. The maximum atomic E-state index is 13.7. The van der Waals surface area contributed by atoms with Gasteiger partial charge in [-0.25, -0.2) is 9.37 Å². The van der Waals surface area contributed by atoms with Gasteiger partial charge in [0.2, 0.25) is 0 Å². The first-order valence-corrected chi connectivity index (χ1v) is 8.66. The predicted molar refractivity (Wildman–Crippen MR) is 103 cm³/mol. The summed E-state index contributed by atoms with van der Waals surface area (Å²) < 4.78 is 25.2. The lowest BCUT2D eigenvalue weighted by Gasteiger charge is -2.08. The van der Waals surface area contributed by atoms with Gasteiger partial charge in [0.05, 0.1) is 24.6 Å². The number of allylic oxidation sites excluding steroid dienone is 1. The number of ether oxygens (including phenoxy) is 2. The van der Waals surface area contributed by atoms with Crippen molar-refractivity contribution in [2.24, 2.45) is 7.05 Å². The van der Waals surface area contributed by atoms with E-state index in [1.54, 1.807) is 23.7 Å². The lowest BCUT2D eigenvalue weighted by molar-refractivity contribution is -0.142. The van der Waals surface area contributed by atoms with Crippen molar-refractivity contribution in [2.45, 2.75) is 6.42 Å². The van der Waals surface area contributed by atoms with Crippen LogP contribution in [0, 0.1) is 17.1 Å². The summed E-state index contributed by atoms with van der Waals surface area (Å²) in [6.07, 6.45) is -0.192. The number of aliphatic hydroxyl groups excluding tert-OH is 1. The predicted octanol–water partition coefficient (Wildman–Crippen LogP) is 3.30. The number of benzene rings is 2. The zero-order chi connectivity index (χ0) is 21.0. The quantitative estimate of drug-likeness (QED) is 0.391. The number of fused-ring (bicyclic) bond motifs is 1. The van der Waals surface area contributed by atoms with Gasteiger partial charge in [0.25, 0.3) is 0 Å². The number of imidazole rings is 1. The summed E-state index contributed by atoms with van der Waals surface area (Å²) in [7, 11) is 3.07. The Labute approximate surface area is 166 Å². The number of halogens is 1. The fraction of sp³-hybridized carbons (Fsp3) is 0.190. The Morgan fingerprint density at radius 1 is 1.31 bits per heavy atom. The van der Waals surface area contributed by atoms with E-state index in [4.69, 9.17) is 9.47 Å². The third-order valence-electron chi connectivity index (χ3n) is 4.35. The monoisotopic (exact) mass is 395 g/mol. The van der Waals surface area contributed by atoms with Crippen LogP contribution in [0.5, 0.6) is 5.75 Å². The van der Waals surface area contributed by atoms with Gasteiger partial charge in [0.15, 0.2) is 23.2 Å². The summed E-state index contributed by atoms with van der Waals surface area (Å²) in [6.45, 7) is -0.496. The Bertz CT molecular complexity index is 1140. The Morgan fingerprint density at radius 2 is 2.07 bits per heavy atom. The summed E-state index contributed by atoms with van der Waals surface area (Å²) in [5.74, 6) is -1.35. The number of hydrogen-bond donors (Lipinski definition) is 1. The largest absolute Gasteiger partial charge is 0.507 e. The molecule has 0 aliphatic rings. The normalized spacial score (nSPS) is 11.7. The lowest BCUT2D eigenvalue weighted by atomic mass is 10.1. The standard InChI is InChI=1S/C21H18FN3O4/c1-25-17-6-4-3-5-16(17)24-21(25)14(11-23)18(26)12-29-20(27)10-13-7-8-19(28-2)15(22)9-13/h3-9,26H,10,12H2,1-2H3/b18-14-. The molecule has 2 aromatic carbocycles. The maximum Gasteiger partial charge on any atom is 0.310 e. The molecule has 0 aliphatic carbocycles. The van der Waals surface area contributed by atoms with E-state index in [0.29, 0.717) is 11.1 Å². The minimum atomic E-state index is -0.677. The summed E-state index contributed by atoms with van der Waals surface area (Å²) in [6, 6.07) is 13.3. The molecule has 3 rings (SSSR count). The van der Waals surface area contributed by atoms with E-state index in [1.165, 1.54) is 19.2 Å². The second-order valence-corrected chi connectivity index (χ2v) is 6.22. The van der Waals surface area contributed by atoms with Gasteiger partial charge in [-0.2, -0.15) is 5.26 Å². The average molecular weight is 395 g/mol. The van der Waals surface area contributed by atoms with Crippen LogP contribution in [0.2, 0.25) is 0 Å². The Hall–Kier alpha value is -3.86. The van der Waals surface area contributed by atoms with Crippen LogP contribution < -0.4 is 4.74 Å². The molecule has 0 fully saturated rings. The molecule has 0 bridgehead atoms. The number of methoxy groups -OCH3 is 1. The van der Waals surface area contributed by atoms with E-state index in [2.05, 4.69) is 4.98 Å². The van der Waals surface area contributed by atoms with Crippen molar-refractivity contribution in [2.75, 3.05) is 13.7 Å². The first kappa shape index (κ1) is 19.9. The zero-order valence-electron chi connectivity index (χ0n) is 15.8. The van der Waals surface area contributed by atoms with Crippen molar-refractivity contribution in [3.8, 4) is 11.8 Å². The van der Waals surface area contributed by atoms with Crippen molar-refractivity contribution in [1.29, 1.82) is 5.26 Å². The molecular weight excluding hydrogens is 377 g/mol. The summed E-state index contributed by atoms with van der Waals surface area (Å²) >= 11 is 0. The van der Waals surface area contributed by atoms with Crippen molar-refractivity contribution in [3.05, 3.63) is 65.4 Å². The molecule has 3 aromatic rings. The third kappa shape index (κ3) is 4.19. The number of aromatic nitrogens is 2. The average Bonchev–Trinajstić information content (AvgIpc) is 3.04. The fourth-order valence-electron chi connectivity index (χ4n) is 2.87. The highest BCUT2D eigenvalue weighted by Crippen LogP contribution is 2.22. The first-order chi connectivity index (χ1) is 13.9. The van der Waals surface area contributed by atoms with Crippen LogP contribution in [-0.4, -0.2) is 34.3 Å². The topological polar surface area (TPSA) is 97.4 Å². The zero-order valence-corrected chi connectivity index (χ0v) is 15.8. The van der Waals surface area contributed by atoms with Crippen LogP contribution >= 0.6 is 0 Å². The van der Waals surface area contributed by atoms with Gasteiger partial charge in [-0.15, -0.1) is 0 Å². The third-order valence-corrected chi connectivity index (χ3v) is 4.35. The number of carbonyl (C=O) groups excluding carboxylic acids is 1. The van der Waals surface area contributed by atoms with Crippen molar-refractivity contribution < 1.29 is 23.8 Å². The number of carbonyl (C=O) groups is 1. The molecule has 7 nitrogen and oxygen atoms in total. The highest BCUT2D eigenvalue weighted by Gasteiger charge is 2.18. The number of aliphatic hydroxyl groups is 1. The van der Waals surface area contributed by atoms with E-state index < -0.39 is 24.2 Å². The second-order valence-electron chi connectivity index (χ2n) is 6.22. The highest BCUT2D eigenvalue weighted by atomic mass is 19.1. The van der Waals surface area contributed by atoms with E-state index >= 15 is 0 Å². The molecule has 0 radical (unpaired) electrons. The first-order valence-electron chi connectivity index (χ1n) is 8.66. The Kier molecular flexibility index (Phi) is 5.79. The van der Waals surface area contributed by atoms with E-state index in [0.717, 1.165) is 5.52 Å². The molecule has 1 heterocycles. The number of para-hydroxylation sites is 2. The smallest absolute Gasteiger partial charge is 0.310 e. The van der Waals surface area contributed by atoms with E-state index in [1.807, 2.05) is 24.3 Å². The van der Waals surface area contributed by atoms with Gasteiger partial charge < -0.3 is 19.1 Å². The van der Waals surface area contributed by atoms with Crippen LogP contribution in [0.3, 0.4) is 0 Å². The second kappa shape index (κ2) is 8.44. The van der Waals surface area contributed by atoms with Gasteiger partial charge in [-0.1, -0.05) is 18.2 Å². The molecule has 29 heavy (non-hydrogen) atoms. The summed E-state index contributed by atoms with van der Waals surface area (Å²) in [5, 5.41) is 19.8. The molecule has 0 aliphatic heterocycles. The molecule has 0 atom stereocenters. The molecule has 1 aromatic heterocycles. The van der Waals surface area contributed by atoms with E-state index in [-0.39, 0.29) is 23.6 Å². The van der Waals surface area contributed by atoms with Crippen LogP contribution in [0.25, 0.3) is 16.6 Å². The number of aryl methyl sites for hydroxylation is 1. The molecule has 0 amide bonds.